The highest BCUT2D eigenvalue weighted by atomic mass is 19.1. The van der Waals surface area contributed by atoms with Crippen LogP contribution in [0.1, 0.15) is 25.8 Å². The van der Waals surface area contributed by atoms with Crippen molar-refractivity contribution in [3.8, 4) is 17.2 Å². The molecule has 6 heteroatoms. The van der Waals surface area contributed by atoms with E-state index in [1.807, 2.05) is 0 Å². The van der Waals surface area contributed by atoms with Crippen molar-refractivity contribution in [3.63, 3.8) is 0 Å². The van der Waals surface area contributed by atoms with Crippen LogP contribution in [-0.4, -0.2) is 30.4 Å². The SMILES string of the molecule is COc1cc(O)c(F)c(C(C)(C)CC(=O)O)c1OC. The number of carboxylic acid groups (broad SMARTS) is 1. The fourth-order valence-electron chi connectivity index (χ4n) is 2.03. The van der Waals surface area contributed by atoms with Gasteiger partial charge in [0.2, 0.25) is 0 Å². The second-order valence-corrected chi connectivity index (χ2v) is 4.77. The highest BCUT2D eigenvalue weighted by Crippen LogP contribution is 2.45. The zero-order chi connectivity index (χ0) is 14.8. The van der Waals surface area contributed by atoms with Gasteiger partial charge < -0.3 is 19.7 Å². The van der Waals surface area contributed by atoms with Gasteiger partial charge in [-0.1, -0.05) is 13.8 Å². The molecule has 5 nitrogen and oxygen atoms in total. The quantitative estimate of drug-likeness (QED) is 0.860. The van der Waals surface area contributed by atoms with E-state index in [0.29, 0.717) is 0 Å². The van der Waals surface area contributed by atoms with Crippen LogP contribution in [0.15, 0.2) is 6.07 Å². The van der Waals surface area contributed by atoms with Crippen LogP contribution in [-0.2, 0) is 10.2 Å². The molecule has 0 bridgehead atoms. The Labute approximate surface area is 110 Å². The predicted molar refractivity (Wildman–Crippen MR) is 66.4 cm³/mol. The Morgan fingerprint density at radius 3 is 2.37 bits per heavy atom. The molecule has 0 saturated carbocycles. The average Bonchev–Trinajstić information content (AvgIpc) is 2.29. The van der Waals surface area contributed by atoms with Crippen molar-refractivity contribution in [2.45, 2.75) is 25.7 Å². The van der Waals surface area contributed by atoms with Gasteiger partial charge in [-0.3, -0.25) is 4.79 Å². The van der Waals surface area contributed by atoms with Crippen LogP contribution in [0.4, 0.5) is 4.39 Å². The lowest BCUT2D eigenvalue weighted by molar-refractivity contribution is -0.138. The number of halogens is 1. The minimum Gasteiger partial charge on any atom is -0.505 e. The third-order valence-electron chi connectivity index (χ3n) is 2.86. The van der Waals surface area contributed by atoms with Crippen molar-refractivity contribution < 1.29 is 28.9 Å². The Kier molecular flexibility index (Phi) is 4.24. The van der Waals surface area contributed by atoms with Crippen molar-refractivity contribution >= 4 is 5.97 Å². The van der Waals surface area contributed by atoms with Crippen LogP contribution in [0.2, 0.25) is 0 Å². The van der Waals surface area contributed by atoms with E-state index in [1.54, 1.807) is 13.8 Å². The molecule has 0 fully saturated rings. The molecule has 0 aromatic heterocycles. The summed E-state index contributed by atoms with van der Waals surface area (Å²) in [5.74, 6) is -2.34. The first-order valence-electron chi connectivity index (χ1n) is 5.60. The van der Waals surface area contributed by atoms with Gasteiger partial charge in [-0.15, -0.1) is 0 Å². The maximum atomic E-state index is 14.1. The van der Waals surface area contributed by atoms with E-state index < -0.39 is 23.0 Å². The molecule has 0 unspecified atom stereocenters. The Morgan fingerprint density at radius 2 is 1.95 bits per heavy atom. The normalized spacial score (nSPS) is 11.2. The standard InChI is InChI=1S/C13H17FO5/c1-13(2,6-9(16)17)10-11(14)7(15)5-8(18-3)12(10)19-4/h5,15H,6H2,1-4H3,(H,16,17). The van der Waals surface area contributed by atoms with E-state index >= 15 is 0 Å². The average molecular weight is 272 g/mol. The number of hydrogen-bond donors (Lipinski definition) is 2. The van der Waals surface area contributed by atoms with Crippen molar-refractivity contribution in [1.82, 2.24) is 0 Å². The smallest absolute Gasteiger partial charge is 0.304 e. The molecule has 106 valence electrons. The maximum absolute atomic E-state index is 14.1. The maximum Gasteiger partial charge on any atom is 0.304 e. The monoisotopic (exact) mass is 272 g/mol. The van der Waals surface area contributed by atoms with Crippen LogP contribution in [0.25, 0.3) is 0 Å². The van der Waals surface area contributed by atoms with Crippen molar-refractivity contribution in [3.05, 3.63) is 17.4 Å². The number of methoxy groups -OCH3 is 2. The number of carbonyl (C=O) groups is 1. The largest absolute Gasteiger partial charge is 0.505 e. The van der Waals surface area contributed by atoms with Gasteiger partial charge in [-0.25, -0.2) is 4.39 Å². The molecule has 1 rings (SSSR count). The summed E-state index contributed by atoms with van der Waals surface area (Å²) in [4.78, 5) is 10.9. The second-order valence-electron chi connectivity index (χ2n) is 4.77. The van der Waals surface area contributed by atoms with Gasteiger partial charge in [0.05, 0.1) is 20.6 Å². The fourth-order valence-corrected chi connectivity index (χ4v) is 2.03. The fraction of sp³-hybridized carbons (Fsp3) is 0.462. The number of ether oxygens (including phenoxy) is 2. The molecule has 1 aromatic rings. The van der Waals surface area contributed by atoms with Crippen LogP contribution < -0.4 is 9.47 Å². The van der Waals surface area contributed by atoms with E-state index in [0.717, 1.165) is 6.07 Å². The summed E-state index contributed by atoms with van der Waals surface area (Å²) in [6, 6.07) is 1.09. The summed E-state index contributed by atoms with van der Waals surface area (Å²) < 4.78 is 24.2. The second kappa shape index (κ2) is 5.34. The molecule has 0 amide bonds. The topological polar surface area (TPSA) is 76.0 Å². The lowest BCUT2D eigenvalue weighted by Gasteiger charge is -2.27. The summed E-state index contributed by atoms with van der Waals surface area (Å²) in [6.45, 7) is 3.11. The third-order valence-corrected chi connectivity index (χ3v) is 2.86. The van der Waals surface area contributed by atoms with Gasteiger partial charge in [0.15, 0.2) is 23.1 Å². The molecule has 0 aliphatic carbocycles. The molecule has 0 spiro atoms. The Hall–Kier alpha value is -1.98. The summed E-state index contributed by atoms with van der Waals surface area (Å²) in [5, 5.41) is 18.5. The molecule has 2 N–H and O–H groups in total. The Morgan fingerprint density at radius 1 is 1.37 bits per heavy atom. The number of phenols is 1. The molecule has 0 saturated heterocycles. The number of phenolic OH excluding ortho intramolecular Hbond substituents is 1. The number of hydrogen-bond acceptors (Lipinski definition) is 4. The highest BCUT2D eigenvalue weighted by Gasteiger charge is 2.34. The van der Waals surface area contributed by atoms with Crippen LogP contribution in [0, 0.1) is 5.82 Å². The van der Waals surface area contributed by atoms with Crippen LogP contribution in [0.5, 0.6) is 17.2 Å². The number of benzene rings is 1. The first-order chi connectivity index (χ1) is 8.74. The van der Waals surface area contributed by atoms with E-state index in [2.05, 4.69) is 0 Å². The molecule has 19 heavy (non-hydrogen) atoms. The van der Waals surface area contributed by atoms with E-state index in [4.69, 9.17) is 14.6 Å². The lowest BCUT2D eigenvalue weighted by Crippen LogP contribution is -2.24. The summed E-state index contributed by atoms with van der Waals surface area (Å²) >= 11 is 0. The number of rotatable bonds is 5. The summed E-state index contributed by atoms with van der Waals surface area (Å²) in [6.07, 6.45) is -0.313. The molecule has 0 aliphatic heterocycles. The summed E-state index contributed by atoms with van der Waals surface area (Å²) in [7, 11) is 2.68. The Balaban J connectivity index is 3.55. The molecule has 0 aliphatic rings. The number of aromatic hydroxyl groups is 1. The van der Waals surface area contributed by atoms with Gasteiger partial charge >= 0.3 is 5.97 Å². The minimum absolute atomic E-state index is 0.0192. The molecule has 0 radical (unpaired) electrons. The first-order valence-corrected chi connectivity index (χ1v) is 5.60. The van der Waals surface area contributed by atoms with Crippen molar-refractivity contribution in [2.75, 3.05) is 14.2 Å². The van der Waals surface area contributed by atoms with Gasteiger partial charge in [0.1, 0.15) is 0 Å². The first kappa shape index (κ1) is 15.1. The summed E-state index contributed by atoms with van der Waals surface area (Å²) in [5.41, 5.74) is -1.08. The van der Waals surface area contributed by atoms with Gasteiger partial charge in [-0.05, 0) is 0 Å². The number of carboxylic acids is 1. The highest BCUT2D eigenvalue weighted by molar-refractivity contribution is 5.70. The minimum atomic E-state index is -1.08. The van der Waals surface area contributed by atoms with Crippen LogP contribution >= 0.6 is 0 Å². The molecular weight excluding hydrogens is 255 g/mol. The van der Waals surface area contributed by atoms with E-state index in [1.165, 1.54) is 14.2 Å². The van der Waals surface area contributed by atoms with Crippen LogP contribution in [0.3, 0.4) is 0 Å². The van der Waals surface area contributed by atoms with Gasteiger partial charge in [-0.2, -0.15) is 0 Å². The zero-order valence-electron chi connectivity index (χ0n) is 11.3. The van der Waals surface area contributed by atoms with Crippen molar-refractivity contribution in [1.29, 1.82) is 0 Å². The lowest BCUT2D eigenvalue weighted by atomic mass is 9.80. The molecule has 1 aromatic carbocycles. The molecule has 0 atom stereocenters. The number of aliphatic carboxylic acids is 1. The zero-order valence-corrected chi connectivity index (χ0v) is 11.3. The molecular formula is C13H17FO5. The van der Waals surface area contributed by atoms with E-state index in [-0.39, 0.29) is 23.5 Å². The Bertz CT molecular complexity index is 496. The van der Waals surface area contributed by atoms with Gasteiger partial charge in [0, 0.05) is 17.0 Å². The predicted octanol–water partition coefficient (Wildman–Crippen LogP) is 2.30. The molecule has 0 heterocycles. The third kappa shape index (κ3) is 2.89. The van der Waals surface area contributed by atoms with Crippen molar-refractivity contribution in [2.24, 2.45) is 0 Å². The van der Waals surface area contributed by atoms with Gasteiger partial charge in [0.25, 0.3) is 0 Å². The van der Waals surface area contributed by atoms with E-state index in [9.17, 15) is 14.3 Å².